The number of ether oxygens (including phenoxy) is 2. The molecule has 2 aromatic carbocycles. The van der Waals surface area contributed by atoms with E-state index >= 15 is 0 Å². The first-order chi connectivity index (χ1) is 32.4. The zero-order valence-corrected chi connectivity index (χ0v) is 36.8. The van der Waals surface area contributed by atoms with E-state index in [1.54, 1.807) is 0 Å². The summed E-state index contributed by atoms with van der Waals surface area (Å²) in [7, 11) is 0. The summed E-state index contributed by atoms with van der Waals surface area (Å²) in [6.45, 7) is 1.49. The highest BCUT2D eigenvalue weighted by Gasteiger charge is 2.38. The minimum atomic E-state index is -0.864. The number of aromatic nitrogens is 6. The number of nitrogens with two attached hydrogens (primary N) is 1. The lowest BCUT2D eigenvalue weighted by atomic mass is 10.00. The van der Waals surface area contributed by atoms with Gasteiger partial charge in [0.1, 0.15) is 48.9 Å². The number of hydrogen-bond donors (Lipinski definition) is 5. The average Bonchev–Trinajstić information content (AvgIpc) is 3.29. The molecule has 6 aromatic rings. The number of nitrogens with zero attached hydrogens (tertiary/aromatic N) is 8. The molecule has 0 spiro atoms. The topological polar surface area (TPSA) is 253 Å². The van der Waals surface area contributed by atoms with Crippen molar-refractivity contribution in [1.82, 2.24) is 39.7 Å². The van der Waals surface area contributed by atoms with Crippen LogP contribution in [0.1, 0.15) is 22.5 Å². The van der Waals surface area contributed by atoms with Crippen molar-refractivity contribution < 1.29 is 42.5 Å². The third-order valence-corrected chi connectivity index (χ3v) is 10.4. The van der Waals surface area contributed by atoms with E-state index in [2.05, 4.69) is 45.9 Å². The normalized spacial score (nSPS) is 13.0. The fraction of sp³-hybridized carbons (Fsp3) is 0.227. The first kappa shape index (κ1) is 48.7. The summed E-state index contributed by atoms with van der Waals surface area (Å²) in [5.41, 5.74) is 8.31. The van der Waals surface area contributed by atoms with Gasteiger partial charge >= 0.3 is 18.2 Å². The Labute approximate surface area is 391 Å². The smallest absolute Gasteiger partial charge is 0.410 e. The van der Waals surface area contributed by atoms with E-state index in [4.69, 9.17) is 43.5 Å². The summed E-state index contributed by atoms with van der Waals surface area (Å²) >= 11 is 11.9. The Morgan fingerprint density at radius 3 is 1.60 bits per heavy atom. The standard InChI is InChI=1S/C22H20ClFN6O3.C12H13NO4.C10H9ClFN5/c23-19-18(20(28-13-27-19)26-9-17-16(24)7-4-8-25-17)29-21(31)15-10-30(11-15)22(32)33-12-14-5-2-1-3-6-14;14-11(15)10-6-13(7-10)12(16)17-8-9-4-2-1-3-5-9;11-9-8(13)10(17-5-16-9)15-4-7-6(12)2-1-3-14-7/h1-8,13,15H,9-12H2,(H,29,31)(H,26,27,28);1-5,10H,6-8H2,(H,14,15);1-3,5H,4,13H2,(H,15,16,17). The molecule has 19 nitrogen and oxygen atoms in total. The van der Waals surface area contributed by atoms with Crippen LogP contribution in [0.2, 0.25) is 10.3 Å². The number of likely N-dealkylation sites (tertiary alicyclic amines) is 2. The van der Waals surface area contributed by atoms with Crippen molar-refractivity contribution >= 4 is 70.3 Å². The fourth-order valence-corrected chi connectivity index (χ4v) is 6.29. The van der Waals surface area contributed by atoms with Crippen molar-refractivity contribution in [2.45, 2.75) is 26.3 Å². The van der Waals surface area contributed by atoms with Crippen molar-refractivity contribution in [3.8, 4) is 0 Å². The second kappa shape index (κ2) is 23.9. The van der Waals surface area contributed by atoms with E-state index in [9.17, 15) is 28.0 Å². The number of carbonyl (C=O) groups is 4. The summed E-state index contributed by atoms with van der Waals surface area (Å²) in [5, 5.41) is 17.3. The molecule has 3 amide bonds. The van der Waals surface area contributed by atoms with Crippen molar-refractivity contribution in [2.24, 2.45) is 11.8 Å². The molecule has 0 atom stereocenters. The SMILES string of the molecule is Nc1c(Cl)ncnc1NCc1ncccc1F.O=C(Nc1c(Cl)ncnc1NCc1ncccc1F)C1CN(C(=O)OCc2ccccc2)C1.O=C(O)C1CN(C(=O)OCc2ccccc2)C1. The van der Waals surface area contributed by atoms with Crippen molar-refractivity contribution in [2.75, 3.05) is 47.9 Å². The molecule has 8 rings (SSSR count). The highest BCUT2D eigenvalue weighted by atomic mass is 35.5. The number of nitrogens with one attached hydrogen (secondary N) is 3. The number of aliphatic carboxylic acids is 1. The molecule has 2 aliphatic rings. The molecular formula is C44H42Cl2F2N12O7. The summed E-state index contributed by atoms with van der Waals surface area (Å²) < 4.78 is 37.4. The van der Waals surface area contributed by atoms with Gasteiger partial charge in [-0.15, -0.1) is 0 Å². The van der Waals surface area contributed by atoms with Crippen LogP contribution in [-0.4, -0.2) is 95.1 Å². The maximum Gasteiger partial charge on any atom is 0.410 e. The predicted octanol–water partition coefficient (Wildman–Crippen LogP) is 6.68. The van der Waals surface area contributed by atoms with Crippen molar-refractivity contribution in [3.63, 3.8) is 0 Å². The molecule has 2 saturated heterocycles. The zero-order chi connectivity index (χ0) is 47.7. The van der Waals surface area contributed by atoms with Gasteiger partial charge < -0.3 is 46.1 Å². The summed E-state index contributed by atoms with van der Waals surface area (Å²) in [6, 6.07) is 24.3. The van der Waals surface area contributed by atoms with Crippen LogP contribution in [0.5, 0.6) is 0 Å². The Morgan fingerprint density at radius 1 is 0.642 bits per heavy atom. The van der Waals surface area contributed by atoms with Gasteiger partial charge in [0.05, 0.1) is 36.3 Å². The van der Waals surface area contributed by atoms with Gasteiger partial charge in [0.15, 0.2) is 21.9 Å². The van der Waals surface area contributed by atoms with Gasteiger partial charge in [0.25, 0.3) is 0 Å². The summed E-state index contributed by atoms with van der Waals surface area (Å²) in [6.07, 6.45) is 4.55. The number of benzene rings is 2. The number of carboxylic acid groups (broad SMARTS) is 1. The molecule has 348 valence electrons. The number of anilines is 4. The minimum absolute atomic E-state index is 0.0285. The Bertz CT molecular complexity index is 2630. The molecule has 0 aliphatic carbocycles. The van der Waals surface area contributed by atoms with Crippen LogP contribution in [0.15, 0.2) is 110 Å². The van der Waals surface area contributed by atoms with Crippen LogP contribution in [0.3, 0.4) is 0 Å². The third kappa shape index (κ3) is 14.1. The van der Waals surface area contributed by atoms with Gasteiger partial charge in [-0.05, 0) is 35.4 Å². The monoisotopic (exact) mass is 958 g/mol. The first-order valence-electron chi connectivity index (χ1n) is 20.2. The molecule has 0 saturated carbocycles. The van der Waals surface area contributed by atoms with Crippen LogP contribution in [0, 0.1) is 23.5 Å². The fourth-order valence-electron chi connectivity index (χ4n) is 5.98. The molecule has 6 heterocycles. The van der Waals surface area contributed by atoms with E-state index in [1.165, 1.54) is 59.1 Å². The molecule has 2 fully saturated rings. The van der Waals surface area contributed by atoms with E-state index < -0.39 is 41.6 Å². The van der Waals surface area contributed by atoms with Crippen molar-refractivity contribution in [3.05, 3.63) is 154 Å². The lowest BCUT2D eigenvalue weighted by Gasteiger charge is -2.37. The second-order valence-electron chi connectivity index (χ2n) is 14.5. The Morgan fingerprint density at radius 2 is 1.10 bits per heavy atom. The van der Waals surface area contributed by atoms with Crippen LogP contribution < -0.4 is 21.7 Å². The maximum absolute atomic E-state index is 13.8. The van der Waals surface area contributed by atoms with Gasteiger partial charge in [0.2, 0.25) is 5.91 Å². The van der Waals surface area contributed by atoms with Gasteiger partial charge in [-0.25, -0.2) is 38.3 Å². The number of nitrogen functional groups attached to an aromatic ring is 1. The molecule has 6 N–H and O–H groups in total. The lowest BCUT2D eigenvalue weighted by molar-refractivity contribution is -0.146. The van der Waals surface area contributed by atoms with E-state index in [-0.39, 0.29) is 97.3 Å². The third-order valence-electron chi connectivity index (χ3n) is 9.81. The number of rotatable bonds is 13. The number of halogens is 4. The Hall–Kier alpha value is -7.78. The number of carbonyl (C=O) groups excluding carboxylic acids is 3. The van der Waals surface area contributed by atoms with E-state index in [1.807, 2.05) is 60.7 Å². The molecule has 2 aliphatic heterocycles. The minimum Gasteiger partial charge on any atom is -0.481 e. The highest BCUT2D eigenvalue weighted by Crippen LogP contribution is 2.29. The van der Waals surface area contributed by atoms with Crippen LogP contribution in [0.4, 0.5) is 41.4 Å². The van der Waals surface area contributed by atoms with E-state index in [0.717, 1.165) is 11.1 Å². The van der Waals surface area contributed by atoms with Gasteiger partial charge in [-0.1, -0.05) is 83.9 Å². The van der Waals surface area contributed by atoms with Crippen LogP contribution >= 0.6 is 23.2 Å². The molecule has 4 aromatic heterocycles. The lowest BCUT2D eigenvalue weighted by Crippen LogP contribution is -2.54. The van der Waals surface area contributed by atoms with Gasteiger partial charge in [0, 0.05) is 38.6 Å². The van der Waals surface area contributed by atoms with Gasteiger partial charge in [-0.3, -0.25) is 19.6 Å². The predicted molar refractivity (Wildman–Crippen MR) is 241 cm³/mol. The first-order valence-corrected chi connectivity index (χ1v) is 21.0. The molecule has 67 heavy (non-hydrogen) atoms. The van der Waals surface area contributed by atoms with Gasteiger partial charge in [-0.2, -0.15) is 0 Å². The Kier molecular flexibility index (Phi) is 17.4. The number of pyridine rings is 2. The molecular weight excluding hydrogens is 917 g/mol. The summed E-state index contributed by atoms with van der Waals surface area (Å²) in [4.78, 5) is 73.1. The number of carboxylic acids is 1. The molecule has 0 bridgehead atoms. The average molecular weight is 960 g/mol. The molecule has 0 radical (unpaired) electrons. The van der Waals surface area contributed by atoms with Crippen LogP contribution in [-0.2, 0) is 45.4 Å². The highest BCUT2D eigenvalue weighted by molar-refractivity contribution is 6.33. The van der Waals surface area contributed by atoms with E-state index in [0.29, 0.717) is 5.82 Å². The quantitative estimate of drug-likeness (QED) is 0.0757. The molecule has 23 heteroatoms. The van der Waals surface area contributed by atoms with Crippen LogP contribution in [0.25, 0.3) is 0 Å². The summed E-state index contributed by atoms with van der Waals surface area (Å²) in [5.74, 6) is -2.36. The molecule has 0 unspecified atom stereocenters. The maximum atomic E-state index is 13.8. The largest absolute Gasteiger partial charge is 0.481 e. The number of amides is 3. The Balaban J connectivity index is 0.000000183. The zero-order valence-electron chi connectivity index (χ0n) is 35.3. The number of hydrogen-bond acceptors (Lipinski definition) is 15. The van der Waals surface area contributed by atoms with Crippen molar-refractivity contribution in [1.29, 1.82) is 0 Å². The second-order valence-corrected chi connectivity index (χ2v) is 15.2.